The molecule has 1 N–H and O–H groups in total. The van der Waals surface area contributed by atoms with Gasteiger partial charge in [0.1, 0.15) is 0 Å². The van der Waals surface area contributed by atoms with Gasteiger partial charge in [-0.2, -0.15) is 0 Å². The fourth-order valence-corrected chi connectivity index (χ4v) is 0.590. The summed E-state index contributed by atoms with van der Waals surface area (Å²) in [6, 6.07) is 0. The van der Waals surface area contributed by atoms with Crippen LogP contribution in [0.2, 0.25) is 0 Å². The molecule has 1 radical (unpaired) electrons. The van der Waals surface area contributed by atoms with E-state index in [0.717, 1.165) is 0 Å². The van der Waals surface area contributed by atoms with Crippen molar-refractivity contribution in [3.63, 3.8) is 0 Å². The van der Waals surface area contributed by atoms with Crippen LogP contribution in [0.1, 0.15) is 13.3 Å². The van der Waals surface area contributed by atoms with Crippen molar-refractivity contribution < 1.29 is 9.53 Å². The third kappa shape index (κ3) is 5.53. The van der Waals surface area contributed by atoms with Crippen LogP contribution in [-0.4, -0.2) is 33.2 Å². The molecular weight excluding hydrogens is 185 g/mol. The number of hydrogen-bond acceptors (Lipinski definition) is 3. The molecule has 0 spiro atoms. The van der Waals surface area contributed by atoms with Crippen LogP contribution >= 0.6 is 0 Å². The summed E-state index contributed by atoms with van der Waals surface area (Å²) in [4.78, 5) is 10.5. The van der Waals surface area contributed by atoms with Crippen LogP contribution in [0.5, 0.6) is 0 Å². The molecule has 0 aliphatic heterocycles. The van der Waals surface area contributed by atoms with Crippen LogP contribution in [0.25, 0.3) is 0 Å². The Kier molecular flexibility index (Phi) is 4.36. The first-order valence-corrected chi connectivity index (χ1v) is 3.42. The summed E-state index contributed by atoms with van der Waals surface area (Å²) in [5.74, 6) is -0.346. The van der Waals surface area contributed by atoms with Gasteiger partial charge in [0.05, 0.1) is 0 Å². The van der Waals surface area contributed by atoms with E-state index in [-0.39, 0.29) is 17.0 Å². The Morgan fingerprint density at radius 1 is 1.78 bits per heavy atom. The molecule has 0 aromatic heterocycles. The Hall–Kier alpha value is -0.341. The molecule has 0 saturated heterocycles. The Morgan fingerprint density at radius 2 is 2.33 bits per heavy atom. The summed E-state index contributed by atoms with van der Waals surface area (Å²) in [7, 11) is 0. The molecule has 4 heteroatoms. The zero-order valence-electron chi connectivity index (χ0n) is 5.14. The standard InChI is InChI=1S/C5H8NO2Se/c1-2-8-5(7)3-4(6)9/h6H,2-3H2,1H3. The van der Waals surface area contributed by atoms with Crippen molar-refractivity contribution in [3.05, 3.63) is 0 Å². The molecule has 0 bridgehead atoms. The number of carbonyl (C=O) groups is 1. The van der Waals surface area contributed by atoms with Crippen LogP contribution in [0, 0.1) is 5.41 Å². The van der Waals surface area contributed by atoms with Gasteiger partial charge in [0.25, 0.3) is 0 Å². The average Bonchev–Trinajstić information content (AvgIpc) is 1.63. The fourth-order valence-electron chi connectivity index (χ4n) is 0.343. The first-order chi connectivity index (χ1) is 4.16. The van der Waals surface area contributed by atoms with E-state index in [2.05, 4.69) is 20.7 Å². The van der Waals surface area contributed by atoms with Gasteiger partial charge in [0.2, 0.25) is 0 Å². The van der Waals surface area contributed by atoms with Crippen molar-refractivity contribution in [3.8, 4) is 0 Å². The first-order valence-electron chi connectivity index (χ1n) is 2.57. The molecule has 0 fully saturated rings. The molecular formula is C5H8NO2Se. The second-order valence-corrected chi connectivity index (χ2v) is 2.44. The zero-order valence-corrected chi connectivity index (χ0v) is 6.85. The number of esters is 1. The maximum atomic E-state index is 10.5. The van der Waals surface area contributed by atoms with Crippen LogP contribution in [-0.2, 0) is 9.53 Å². The van der Waals surface area contributed by atoms with Crippen LogP contribution < -0.4 is 0 Å². The van der Waals surface area contributed by atoms with E-state index in [1.165, 1.54) is 0 Å². The minimum atomic E-state index is -0.346. The number of carbonyl (C=O) groups excluding carboxylic acids is 1. The predicted molar refractivity (Wildman–Crippen MR) is 34.7 cm³/mol. The maximum absolute atomic E-state index is 10.5. The van der Waals surface area contributed by atoms with E-state index in [0.29, 0.717) is 6.61 Å². The van der Waals surface area contributed by atoms with Gasteiger partial charge in [-0.15, -0.1) is 0 Å². The molecule has 0 amide bonds. The second-order valence-electron chi connectivity index (χ2n) is 1.40. The van der Waals surface area contributed by atoms with Crippen molar-refractivity contribution in [1.29, 1.82) is 5.41 Å². The molecule has 0 unspecified atom stereocenters. The van der Waals surface area contributed by atoms with Crippen LogP contribution in [0.3, 0.4) is 0 Å². The molecule has 0 saturated carbocycles. The fraction of sp³-hybridized carbons (Fsp3) is 0.600. The van der Waals surface area contributed by atoms with Crippen molar-refractivity contribution in [2.24, 2.45) is 0 Å². The van der Waals surface area contributed by atoms with Gasteiger partial charge in [-0.25, -0.2) is 0 Å². The monoisotopic (exact) mass is 194 g/mol. The van der Waals surface area contributed by atoms with Gasteiger partial charge < -0.3 is 0 Å². The third-order valence-electron chi connectivity index (χ3n) is 0.610. The van der Waals surface area contributed by atoms with Crippen LogP contribution in [0.15, 0.2) is 0 Å². The molecule has 0 aromatic rings. The van der Waals surface area contributed by atoms with E-state index in [9.17, 15) is 4.79 Å². The molecule has 3 nitrogen and oxygen atoms in total. The predicted octanol–water partition coefficient (Wildman–Crippen LogP) is 0.0854. The summed E-state index contributed by atoms with van der Waals surface area (Å²) < 4.78 is 4.77. The number of ether oxygens (including phenoxy) is 1. The van der Waals surface area contributed by atoms with E-state index in [4.69, 9.17) is 5.41 Å². The summed E-state index contributed by atoms with van der Waals surface area (Å²) in [6.07, 6.45) is 0.0633. The molecule has 0 aromatic carbocycles. The Morgan fingerprint density at radius 3 is 2.67 bits per heavy atom. The first kappa shape index (κ1) is 8.66. The second kappa shape index (κ2) is 4.53. The summed E-state index contributed by atoms with van der Waals surface area (Å²) in [6.45, 7) is 2.12. The zero-order chi connectivity index (χ0) is 7.28. The van der Waals surface area contributed by atoms with E-state index >= 15 is 0 Å². The molecule has 0 aliphatic rings. The topological polar surface area (TPSA) is 50.2 Å². The minimum absolute atomic E-state index is 0.0633. The molecule has 0 rings (SSSR count). The summed E-state index contributed by atoms with van der Waals surface area (Å²) in [5.41, 5.74) is 0. The molecule has 0 heterocycles. The Balaban J connectivity index is 3.39. The molecule has 51 valence electrons. The van der Waals surface area contributed by atoms with Gasteiger partial charge in [-0.3, -0.25) is 0 Å². The SMILES string of the molecule is CCOC(=O)CC(=N)[Se]. The van der Waals surface area contributed by atoms with Gasteiger partial charge in [-0.1, -0.05) is 0 Å². The third-order valence-corrected chi connectivity index (χ3v) is 0.913. The number of rotatable bonds is 3. The Bertz CT molecular complexity index is 124. The van der Waals surface area contributed by atoms with Crippen molar-refractivity contribution in [2.45, 2.75) is 13.3 Å². The number of nitrogens with one attached hydrogen (secondary N) is 1. The molecule has 0 atom stereocenters. The van der Waals surface area contributed by atoms with Gasteiger partial charge in [0, 0.05) is 0 Å². The van der Waals surface area contributed by atoms with E-state index in [1.807, 2.05) is 0 Å². The summed E-state index contributed by atoms with van der Waals surface area (Å²) >= 11 is 2.41. The van der Waals surface area contributed by atoms with Gasteiger partial charge in [-0.05, 0) is 0 Å². The molecule has 0 aliphatic carbocycles. The number of hydrogen-bond donors (Lipinski definition) is 1. The van der Waals surface area contributed by atoms with E-state index in [1.54, 1.807) is 6.92 Å². The van der Waals surface area contributed by atoms with Gasteiger partial charge >= 0.3 is 61.5 Å². The van der Waals surface area contributed by atoms with Crippen LogP contribution in [0.4, 0.5) is 0 Å². The van der Waals surface area contributed by atoms with Crippen molar-refractivity contribution in [1.82, 2.24) is 0 Å². The van der Waals surface area contributed by atoms with E-state index < -0.39 is 0 Å². The normalized spacial score (nSPS) is 8.56. The van der Waals surface area contributed by atoms with Crippen molar-refractivity contribution in [2.75, 3.05) is 6.61 Å². The average molecular weight is 193 g/mol. The van der Waals surface area contributed by atoms with Crippen molar-refractivity contribution >= 4 is 26.6 Å². The molecule has 9 heavy (non-hydrogen) atoms. The Labute approximate surface area is 62.1 Å². The van der Waals surface area contributed by atoms with Gasteiger partial charge in [0.15, 0.2) is 0 Å². The quantitative estimate of drug-likeness (QED) is 0.392. The summed E-state index contributed by atoms with van der Waals surface area (Å²) in [5, 5.41) is 6.85.